The number of benzene rings is 1. The molecular weight excluding hydrogens is 270 g/mol. The number of hydrogen-bond acceptors (Lipinski definition) is 3. The van der Waals surface area contributed by atoms with E-state index in [1.807, 2.05) is 33.1 Å². The molecule has 20 heavy (non-hydrogen) atoms. The van der Waals surface area contributed by atoms with Crippen LogP contribution in [0.15, 0.2) is 28.7 Å². The summed E-state index contributed by atoms with van der Waals surface area (Å²) in [4.78, 5) is 12.2. The Morgan fingerprint density at radius 1 is 1.20 bits per heavy atom. The maximum absolute atomic E-state index is 12.2. The van der Waals surface area contributed by atoms with Crippen LogP contribution in [0.25, 0.3) is 0 Å². The summed E-state index contributed by atoms with van der Waals surface area (Å²) in [6.07, 6.45) is 2.00. The third-order valence-corrected chi connectivity index (χ3v) is 3.66. The molecule has 2 rings (SSSR count). The van der Waals surface area contributed by atoms with Gasteiger partial charge < -0.3 is 9.73 Å². The molecule has 0 atom stereocenters. The predicted molar refractivity (Wildman–Crippen MR) is 84.5 cm³/mol. The van der Waals surface area contributed by atoms with Crippen LogP contribution in [0.2, 0.25) is 0 Å². The van der Waals surface area contributed by atoms with Gasteiger partial charge in [-0.1, -0.05) is 17.7 Å². The van der Waals surface area contributed by atoms with Gasteiger partial charge in [0.05, 0.1) is 5.75 Å². The molecule has 0 bridgehead atoms. The van der Waals surface area contributed by atoms with Crippen molar-refractivity contribution in [1.82, 2.24) is 0 Å². The lowest BCUT2D eigenvalue weighted by Gasteiger charge is -2.11. The van der Waals surface area contributed by atoms with Crippen molar-refractivity contribution in [2.24, 2.45) is 0 Å². The zero-order chi connectivity index (χ0) is 14.7. The monoisotopic (exact) mass is 289 g/mol. The van der Waals surface area contributed by atoms with Crippen molar-refractivity contribution in [1.29, 1.82) is 0 Å². The molecule has 3 nitrogen and oxygen atoms in total. The number of carbonyl (C=O) groups excluding carboxylic acids is 1. The minimum Gasteiger partial charge on any atom is -0.455 e. The van der Waals surface area contributed by atoms with E-state index in [1.165, 1.54) is 5.56 Å². The summed E-state index contributed by atoms with van der Waals surface area (Å²) in [7, 11) is 0. The Bertz CT molecular complexity index is 608. The van der Waals surface area contributed by atoms with Crippen LogP contribution < -0.4 is 5.32 Å². The van der Waals surface area contributed by atoms with E-state index in [4.69, 9.17) is 4.42 Å². The Morgan fingerprint density at radius 2 is 1.85 bits per heavy atom. The van der Waals surface area contributed by atoms with Crippen LogP contribution in [0.3, 0.4) is 0 Å². The normalized spacial score (nSPS) is 10.6. The topological polar surface area (TPSA) is 42.2 Å². The van der Waals surface area contributed by atoms with Crippen LogP contribution in [-0.4, -0.2) is 12.2 Å². The van der Waals surface area contributed by atoms with Crippen molar-refractivity contribution in [3.8, 4) is 0 Å². The van der Waals surface area contributed by atoms with Gasteiger partial charge in [-0.15, -0.1) is 0 Å². The summed E-state index contributed by atoms with van der Waals surface area (Å²) < 4.78 is 5.53. The van der Waals surface area contributed by atoms with Crippen molar-refractivity contribution in [3.63, 3.8) is 0 Å². The maximum Gasteiger partial charge on any atom is 0.291 e. The molecule has 0 saturated heterocycles. The van der Waals surface area contributed by atoms with Gasteiger partial charge in [0, 0.05) is 5.69 Å². The highest BCUT2D eigenvalue weighted by Crippen LogP contribution is 2.23. The number of furan rings is 1. The van der Waals surface area contributed by atoms with Crippen molar-refractivity contribution in [3.05, 3.63) is 52.5 Å². The smallest absolute Gasteiger partial charge is 0.291 e. The summed E-state index contributed by atoms with van der Waals surface area (Å²) in [6.45, 7) is 6.04. The number of aryl methyl sites for hydroxylation is 3. The lowest BCUT2D eigenvalue weighted by molar-refractivity contribution is 0.0995. The fourth-order valence-electron chi connectivity index (χ4n) is 2.27. The first-order chi connectivity index (χ1) is 9.51. The molecule has 0 spiro atoms. The number of hydrogen-bond donors (Lipinski definition) is 1. The number of rotatable bonds is 4. The minimum atomic E-state index is -0.201. The van der Waals surface area contributed by atoms with E-state index in [2.05, 4.69) is 17.4 Å². The van der Waals surface area contributed by atoms with E-state index in [0.717, 1.165) is 28.3 Å². The number of thioether (sulfide) groups is 1. The third-order valence-electron chi connectivity index (χ3n) is 3.09. The molecule has 1 aromatic heterocycles. The first kappa shape index (κ1) is 14.7. The molecule has 0 unspecified atom stereocenters. The molecule has 0 aliphatic carbocycles. The summed E-state index contributed by atoms with van der Waals surface area (Å²) in [5, 5.41) is 2.94. The van der Waals surface area contributed by atoms with Gasteiger partial charge in [-0.2, -0.15) is 11.8 Å². The molecule has 106 valence electrons. The maximum atomic E-state index is 12.2. The first-order valence-corrected chi connectivity index (χ1v) is 7.87. The van der Waals surface area contributed by atoms with Crippen LogP contribution in [0.5, 0.6) is 0 Å². The average Bonchev–Trinajstić information content (AvgIpc) is 2.82. The number of amides is 1. The predicted octanol–water partition coefficient (Wildman–Crippen LogP) is 4.32. The van der Waals surface area contributed by atoms with E-state index in [1.54, 1.807) is 17.8 Å². The molecule has 1 aromatic carbocycles. The summed E-state index contributed by atoms with van der Waals surface area (Å²) in [5.41, 5.74) is 4.18. The van der Waals surface area contributed by atoms with E-state index in [0.29, 0.717) is 5.76 Å². The van der Waals surface area contributed by atoms with Gasteiger partial charge in [-0.3, -0.25) is 4.79 Å². The second-order valence-corrected chi connectivity index (χ2v) is 5.79. The molecule has 2 aromatic rings. The van der Waals surface area contributed by atoms with Crippen molar-refractivity contribution >= 4 is 23.4 Å². The SMILES string of the molecule is CSCc1ccc(C(=O)Nc2c(C)cc(C)cc2C)o1. The van der Waals surface area contributed by atoms with Crippen LogP contribution >= 0.6 is 11.8 Å². The van der Waals surface area contributed by atoms with Gasteiger partial charge in [-0.25, -0.2) is 0 Å². The van der Waals surface area contributed by atoms with E-state index in [9.17, 15) is 4.79 Å². The molecule has 0 radical (unpaired) electrons. The summed E-state index contributed by atoms with van der Waals surface area (Å²) in [5.74, 6) is 1.75. The second-order valence-electron chi connectivity index (χ2n) is 4.93. The van der Waals surface area contributed by atoms with Gasteiger partial charge in [0.1, 0.15) is 5.76 Å². The number of anilines is 1. The molecule has 4 heteroatoms. The van der Waals surface area contributed by atoms with E-state index < -0.39 is 0 Å². The molecular formula is C16H19NO2S. The Hall–Kier alpha value is -1.68. The molecule has 1 N–H and O–H groups in total. The quantitative estimate of drug-likeness (QED) is 0.911. The van der Waals surface area contributed by atoms with Crippen LogP contribution in [0, 0.1) is 20.8 Å². The fourth-order valence-corrected chi connectivity index (χ4v) is 2.71. The van der Waals surface area contributed by atoms with Gasteiger partial charge in [0.2, 0.25) is 0 Å². The van der Waals surface area contributed by atoms with Crippen LogP contribution in [0.4, 0.5) is 5.69 Å². The number of carbonyl (C=O) groups is 1. The van der Waals surface area contributed by atoms with Gasteiger partial charge in [-0.05, 0) is 50.3 Å². The lowest BCUT2D eigenvalue weighted by atomic mass is 10.1. The largest absolute Gasteiger partial charge is 0.455 e. The highest BCUT2D eigenvalue weighted by Gasteiger charge is 2.14. The minimum absolute atomic E-state index is 0.201. The lowest BCUT2D eigenvalue weighted by Crippen LogP contribution is -2.13. The second kappa shape index (κ2) is 6.18. The Morgan fingerprint density at radius 3 is 2.45 bits per heavy atom. The molecule has 0 aliphatic heterocycles. The van der Waals surface area contributed by atoms with Crippen LogP contribution in [-0.2, 0) is 5.75 Å². The van der Waals surface area contributed by atoms with Gasteiger partial charge in [0.25, 0.3) is 5.91 Å². The average molecular weight is 289 g/mol. The first-order valence-electron chi connectivity index (χ1n) is 6.48. The third kappa shape index (κ3) is 3.25. The molecule has 1 amide bonds. The molecule has 1 heterocycles. The zero-order valence-electron chi connectivity index (χ0n) is 12.2. The van der Waals surface area contributed by atoms with Crippen molar-refractivity contribution in [2.45, 2.75) is 26.5 Å². The van der Waals surface area contributed by atoms with Gasteiger partial charge >= 0.3 is 0 Å². The molecule has 0 fully saturated rings. The molecule has 0 saturated carbocycles. The van der Waals surface area contributed by atoms with E-state index in [-0.39, 0.29) is 5.91 Å². The number of nitrogens with one attached hydrogen (secondary N) is 1. The highest BCUT2D eigenvalue weighted by molar-refractivity contribution is 7.97. The van der Waals surface area contributed by atoms with E-state index >= 15 is 0 Å². The van der Waals surface area contributed by atoms with Crippen LogP contribution in [0.1, 0.15) is 33.0 Å². The Balaban J connectivity index is 2.19. The summed E-state index contributed by atoms with van der Waals surface area (Å²) in [6, 6.07) is 7.69. The Kier molecular flexibility index (Phi) is 4.55. The van der Waals surface area contributed by atoms with Crippen molar-refractivity contribution < 1.29 is 9.21 Å². The van der Waals surface area contributed by atoms with Crippen molar-refractivity contribution in [2.75, 3.05) is 11.6 Å². The standard InChI is InChI=1S/C16H19NO2S/c1-10-7-11(2)15(12(3)8-10)17-16(18)14-6-5-13(19-14)9-20-4/h5-8H,9H2,1-4H3,(H,17,18). The Labute approximate surface area is 123 Å². The zero-order valence-corrected chi connectivity index (χ0v) is 13.1. The van der Waals surface area contributed by atoms with Gasteiger partial charge in [0.15, 0.2) is 5.76 Å². The summed E-state index contributed by atoms with van der Waals surface area (Å²) >= 11 is 1.66. The highest BCUT2D eigenvalue weighted by atomic mass is 32.2. The fraction of sp³-hybridized carbons (Fsp3) is 0.312. The molecule has 0 aliphatic rings.